The van der Waals surface area contributed by atoms with Crippen molar-refractivity contribution in [2.24, 2.45) is 0 Å². The average molecular weight is 294 g/mol. The van der Waals surface area contributed by atoms with Gasteiger partial charge in [0.1, 0.15) is 5.75 Å². The molecule has 0 aromatic heterocycles. The summed E-state index contributed by atoms with van der Waals surface area (Å²) in [6, 6.07) is 4.64. The number of carbonyl (C=O) groups is 1. The molecule has 5 heteroatoms. The summed E-state index contributed by atoms with van der Waals surface area (Å²) in [6.07, 6.45) is 0.759. The van der Waals surface area contributed by atoms with E-state index in [2.05, 4.69) is 15.9 Å². The smallest absolute Gasteiger partial charge is 0.335 e. The van der Waals surface area contributed by atoms with Crippen molar-refractivity contribution in [2.75, 3.05) is 12.5 Å². The van der Waals surface area contributed by atoms with E-state index in [-0.39, 0.29) is 5.56 Å². The number of hydrogen-bond donors (Lipinski definition) is 1. The third kappa shape index (κ3) is 3.72. The minimum absolute atomic E-state index is 0.228. The Balaban J connectivity index is 2.70. The second kappa shape index (κ2) is 5.98. The van der Waals surface area contributed by atoms with Gasteiger partial charge in [-0.25, -0.2) is 4.79 Å². The summed E-state index contributed by atoms with van der Waals surface area (Å²) in [5.41, 5.74) is 0.228. The van der Waals surface area contributed by atoms with Crippen LogP contribution in [-0.2, 0) is 0 Å². The van der Waals surface area contributed by atoms with Crippen LogP contribution in [0, 0.1) is 0 Å². The van der Waals surface area contributed by atoms with Crippen molar-refractivity contribution in [1.82, 2.24) is 0 Å². The van der Waals surface area contributed by atoms with E-state index < -0.39 is 5.97 Å². The molecule has 0 atom stereocenters. The van der Waals surface area contributed by atoms with E-state index >= 15 is 0 Å². The lowest BCUT2D eigenvalue weighted by molar-refractivity contribution is 0.0697. The van der Waals surface area contributed by atoms with Gasteiger partial charge in [0.25, 0.3) is 0 Å². The van der Waals surface area contributed by atoms with Crippen LogP contribution in [0.3, 0.4) is 0 Å². The Morgan fingerprint density at radius 2 is 2.27 bits per heavy atom. The number of carboxylic acids is 1. The van der Waals surface area contributed by atoms with Crippen LogP contribution >= 0.6 is 27.5 Å². The summed E-state index contributed by atoms with van der Waals surface area (Å²) in [5, 5.41) is 8.74. The second-order valence-corrected chi connectivity index (χ2v) is 4.07. The summed E-state index contributed by atoms with van der Waals surface area (Å²) < 4.78 is 6.02. The second-order valence-electron chi connectivity index (χ2n) is 2.84. The van der Waals surface area contributed by atoms with E-state index in [1.54, 1.807) is 6.07 Å². The molecule has 1 N–H and O–H groups in total. The lowest BCUT2D eigenvalue weighted by Crippen LogP contribution is -2.00. The van der Waals surface area contributed by atoms with E-state index in [1.165, 1.54) is 12.1 Å². The molecule has 0 fully saturated rings. The van der Waals surface area contributed by atoms with Crippen molar-refractivity contribution < 1.29 is 14.6 Å². The monoisotopic (exact) mass is 292 g/mol. The van der Waals surface area contributed by atoms with E-state index in [9.17, 15) is 4.79 Å². The summed E-state index contributed by atoms with van der Waals surface area (Å²) in [4.78, 5) is 10.6. The highest BCUT2D eigenvalue weighted by atomic mass is 79.9. The lowest BCUT2D eigenvalue weighted by atomic mass is 10.2. The van der Waals surface area contributed by atoms with Crippen molar-refractivity contribution in [1.29, 1.82) is 0 Å². The average Bonchev–Trinajstić information content (AvgIpc) is 2.20. The van der Waals surface area contributed by atoms with Crippen LogP contribution in [0.2, 0.25) is 0 Å². The van der Waals surface area contributed by atoms with E-state index in [0.29, 0.717) is 22.7 Å². The van der Waals surface area contributed by atoms with Gasteiger partial charge in [-0.3, -0.25) is 0 Å². The van der Waals surface area contributed by atoms with E-state index in [0.717, 1.165) is 6.42 Å². The Labute approximate surface area is 101 Å². The van der Waals surface area contributed by atoms with Crippen LogP contribution in [0.25, 0.3) is 0 Å². The fourth-order valence-corrected chi connectivity index (χ4v) is 1.59. The first kappa shape index (κ1) is 12.3. The molecule has 0 aliphatic carbocycles. The van der Waals surface area contributed by atoms with Gasteiger partial charge in [0.2, 0.25) is 0 Å². The number of hydrogen-bond acceptors (Lipinski definition) is 2. The molecule has 0 heterocycles. The molecule has 0 aliphatic heterocycles. The molecule has 0 spiro atoms. The van der Waals surface area contributed by atoms with Crippen LogP contribution < -0.4 is 4.74 Å². The third-order valence-electron chi connectivity index (χ3n) is 1.71. The number of rotatable bonds is 5. The van der Waals surface area contributed by atoms with Gasteiger partial charge >= 0.3 is 5.97 Å². The number of benzene rings is 1. The van der Waals surface area contributed by atoms with Gasteiger partial charge in [-0.05, 0) is 40.5 Å². The summed E-state index contributed by atoms with van der Waals surface area (Å²) >= 11 is 8.75. The summed E-state index contributed by atoms with van der Waals surface area (Å²) in [7, 11) is 0. The molecule has 0 saturated carbocycles. The molecule has 15 heavy (non-hydrogen) atoms. The molecule has 1 rings (SSSR count). The van der Waals surface area contributed by atoms with Crippen LogP contribution in [0.5, 0.6) is 5.75 Å². The number of halogens is 2. The van der Waals surface area contributed by atoms with Crippen LogP contribution in [0.1, 0.15) is 16.8 Å². The van der Waals surface area contributed by atoms with E-state index in [4.69, 9.17) is 21.4 Å². The van der Waals surface area contributed by atoms with Crippen LogP contribution in [-0.4, -0.2) is 23.6 Å². The van der Waals surface area contributed by atoms with Gasteiger partial charge < -0.3 is 9.84 Å². The minimum Gasteiger partial charge on any atom is -0.492 e. The molecule has 1 aromatic carbocycles. The van der Waals surface area contributed by atoms with Crippen molar-refractivity contribution in [2.45, 2.75) is 6.42 Å². The number of aromatic carboxylic acids is 1. The maximum atomic E-state index is 10.6. The highest BCUT2D eigenvalue weighted by Crippen LogP contribution is 2.26. The predicted molar refractivity (Wildman–Crippen MR) is 61.9 cm³/mol. The Morgan fingerprint density at radius 3 is 2.80 bits per heavy atom. The van der Waals surface area contributed by atoms with Crippen molar-refractivity contribution in [3.05, 3.63) is 28.2 Å². The Kier molecular flexibility index (Phi) is 4.91. The standard InChI is InChI=1S/C10H10BrClO3/c11-8-6-7(10(13)14)2-3-9(8)15-5-1-4-12/h2-3,6H,1,4-5H2,(H,13,14). The molecule has 3 nitrogen and oxygen atoms in total. The number of carboxylic acid groups (broad SMARTS) is 1. The fraction of sp³-hybridized carbons (Fsp3) is 0.300. The van der Waals surface area contributed by atoms with Gasteiger partial charge in [0.15, 0.2) is 0 Å². The molecular formula is C10H10BrClO3. The maximum absolute atomic E-state index is 10.6. The molecule has 82 valence electrons. The number of alkyl halides is 1. The molecule has 0 unspecified atom stereocenters. The number of ether oxygens (including phenoxy) is 1. The fourth-order valence-electron chi connectivity index (χ4n) is 0.988. The first-order chi connectivity index (χ1) is 7.15. The topological polar surface area (TPSA) is 46.5 Å². The van der Waals surface area contributed by atoms with Crippen molar-refractivity contribution >= 4 is 33.5 Å². The molecular weight excluding hydrogens is 283 g/mol. The summed E-state index contributed by atoms with van der Waals surface area (Å²) in [5.74, 6) is 0.221. The highest BCUT2D eigenvalue weighted by Gasteiger charge is 2.07. The van der Waals surface area contributed by atoms with Crippen molar-refractivity contribution in [3.63, 3.8) is 0 Å². The lowest BCUT2D eigenvalue weighted by Gasteiger charge is -2.07. The predicted octanol–water partition coefficient (Wildman–Crippen LogP) is 3.16. The molecule has 1 aromatic rings. The molecule has 0 saturated heterocycles. The first-order valence-corrected chi connectivity index (χ1v) is 5.69. The quantitative estimate of drug-likeness (QED) is 0.670. The zero-order valence-corrected chi connectivity index (χ0v) is 10.2. The normalized spacial score (nSPS) is 10.0. The Morgan fingerprint density at radius 1 is 1.53 bits per heavy atom. The van der Waals surface area contributed by atoms with Crippen LogP contribution in [0.15, 0.2) is 22.7 Å². The third-order valence-corrected chi connectivity index (χ3v) is 2.60. The first-order valence-electron chi connectivity index (χ1n) is 4.36. The minimum atomic E-state index is -0.956. The molecule has 0 bridgehead atoms. The van der Waals surface area contributed by atoms with E-state index in [1.807, 2.05) is 0 Å². The molecule has 0 aliphatic rings. The van der Waals surface area contributed by atoms with Crippen LogP contribution in [0.4, 0.5) is 0 Å². The molecule has 0 amide bonds. The zero-order valence-electron chi connectivity index (χ0n) is 7.87. The molecule has 0 radical (unpaired) electrons. The maximum Gasteiger partial charge on any atom is 0.335 e. The van der Waals surface area contributed by atoms with Gasteiger partial charge in [-0.2, -0.15) is 0 Å². The van der Waals surface area contributed by atoms with Gasteiger partial charge in [-0.1, -0.05) is 0 Å². The Hall–Kier alpha value is -0.740. The van der Waals surface area contributed by atoms with Gasteiger partial charge in [-0.15, -0.1) is 11.6 Å². The zero-order chi connectivity index (χ0) is 11.3. The SMILES string of the molecule is O=C(O)c1ccc(OCCCCl)c(Br)c1. The summed E-state index contributed by atoms with van der Waals surface area (Å²) in [6.45, 7) is 0.522. The van der Waals surface area contributed by atoms with Crippen molar-refractivity contribution in [3.8, 4) is 5.75 Å². The highest BCUT2D eigenvalue weighted by molar-refractivity contribution is 9.10. The Bertz CT molecular complexity index is 355. The van der Waals surface area contributed by atoms with Gasteiger partial charge in [0, 0.05) is 5.88 Å². The van der Waals surface area contributed by atoms with Gasteiger partial charge in [0.05, 0.1) is 16.6 Å². The largest absolute Gasteiger partial charge is 0.492 e.